The molecule has 0 fully saturated rings. The Bertz CT molecular complexity index is 1340. The van der Waals surface area contributed by atoms with Crippen LogP contribution in [-0.2, 0) is 17.8 Å². The molecule has 0 saturated carbocycles. The number of thiazole rings is 1. The van der Waals surface area contributed by atoms with Gasteiger partial charge >= 0.3 is 0 Å². The van der Waals surface area contributed by atoms with Crippen LogP contribution in [0.4, 0.5) is 9.52 Å². The van der Waals surface area contributed by atoms with Crippen LogP contribution >= 0.6 is 11.3 Å². The van der Waals surface area contributed by atoms with Crippen LogP contribution in [0.5, 0.6) is 0 Å². The van der Waals surface area contributed by atoms with E-state index in [9.17, 15) is 9.18 Å². The average Bonchev–Trinajstić information content (AvgIpc) is 3.42. The number of hydrogen-bond donors (Lipinski definition) is 0. The molecule has 2 aromatic heterocycles. The van der Waals surface area contributed by atoms with Gasteiger partial charge in [-0.15, -0.1) is 0 Å². The summed E-state index contributed by atoms with van der Waals surface area (Å²) in [5.41, 5.74) is 1.22. The number of benzene rings is 3. The first-order chi connectivity index (χ1) is 14.7. The molecule has 0 aliphatic rings. The number of amides is 1. The molecule has 0 saturated heterocycles. The van der Waals surface area contributed by atoms with Gasteiger partial charge in [-0.05, 0) is 40.6 Å². The van der Waals surface area contributed by atoms with Gasteiger partial charge in [-0.2, -0.15) is 0 Å². The highest BCUT2D eigenvalue weighted by Crippen LogP contribution is 2.32. The van der Waals surface area contributed by atoms with Gasteiger partial charge in [0.05, 0.1) is 23.9 Å². The smallest absolute Gasteiger partial charge is 0.233 e. The SMILES string of the molecule is O=C(Cc1cccc2ccccc12)N(Cc1ccco1)c1nc2c(F)cccc2s1. The van der Waals surface area contributed by atoms with Gasteiger partial charge in [-0.25, -0.2) is 9.37 Å². The van der Waals surface area contributed by atoms with Crippen molar-refractivity contribution in [2.45, 2.75) is 13.0 Å². The van der Waals surface area contributed by atoms with Crippen LogP contribution in [0.2, 0.25) is 0 Å². The second-order valence-corrected chi connectivity index (χ2v) is 7.97. The summed E-state index contributed by atoms with van der Waals surface area (Å²) in [6.45, 7) is 0.234. The lowest BCUT2D eigenvalue weighted by Gasteiger charge is -2.19. The van der Waals surface area contributed by atoms with E-state index in [4.69, 9.17) is 4.42 Å². The van der Waals surface area contributed by atoms with Crippen LogP contribution in [-0.4, -0.2) is 10.9 Å². The van der Waals surface area contributed by atoms with E-state index in [0.717, 1.165) is 16.3 Å². The summed E-state index contributed by atoms with van der Waals surface area (Å²) < 4.78 is 20.3. The second kappa shape index (κ2) is 7.72. The van der Waals surface area contributed by atoms with E-state index in [1.807, 2.05) is 48.5 Å². The Hall–Kier alpha value is -3.51. The molecule has 4 nitrogen and oxygen atoms in total. The molecule has 0 N–H and O–H groups in total. The van der Waals surface area contributed by atoms with E-state index in [-0.39, 0.29) is 24.4 Å². The standard InChI is InChI=1S/C24H17FN2O2S/c25-20-11-4-12-21-23(20)26-24(30-21)27(15-18-9-5-13-29-18)22(28)14-17-8-3-7-16-6-1-2-10-19(16)17/h1-13H,14-15H2. The van der Waals surface area contributed by atoms with Crippen LogP contribution in [0.25, 0.3) is 21.0 Å². The van der Waals surface area contributed by atoms with Crippen molar-refractivity contribution >= 4 is 43.4 Å². The second-order valence-electron chi connectivity index (χ2n) is 6.96. The van der Waals surface area contributed by atoms with Crippen molar-refractivity contribution < 1.29 is 13.6 Å². The minimum Gasteiger partial charge on any atom is -0.467 e. The number of fused-ring (bicyclic) bond motifs is 2. The van der Waals surface area contributed by atoms with Crippen molar-refractivity contribution in [1.82, 2.24) is 4.98 Å². The number of nitrogens with zero attached hydrogens (tertiary/aromatic N) is 2. The van der Waals surface area contributed by atoms with Crippen molar-refractivity contribution in [2.75, 3.05) is 4.90 Å². The molecule has 0 radical (unpaired) electrons. The molecule has 0 atom stereocenters. The molecule has 148 valence electrons. The maximum atomic E-state index is 14.2. The molecule has 0 unspecified atom stereocenters. The Kier molecular flexibility index (Phi) is 4.77. The summed E-state index contributed by atoms with van der Waals surface area (Å²) in [4.78, 5) is 19.4. The molecule has 5 rings (SSSR count). The lowest BCUT2D eigenvalue weighted by atomic mass is 10.0. The number of furan rings is 1. The molecule has 1 amide bonds. The molecule has 6 heteroatoms. The minimum absolute atomic E-state index is 0.123. The van der Waals surface area contributed by atoms with Gasteiger partial charge in [-0.1, -0.05) is 59.9 Å². The third kappa shape index (κ3) is 3.46. The summed E-state index contributed by atoms with van der Waals surface area (Å²) in [6, 6.07) is 22.3. The van der Waals surface area contributed by atoms with E-state index in [1.165, 1.54) is 17.4 Å². The zero-order valence-corrected chi connectivity index (χ0v) is 16.7. The Morgan fingerprint density at radius 1 is 1.00 bits per heavy atom. The number of aromatic nitrogens is 1. The van der Waals surface area contributed by atoms with Gasteiger partial charge in [0, 0.05) is 0 Å². The molecule has 0 aliphatic heterocycles. The van der Waals surface area contributed by atoms with E-state index < -0.39 is 5.82 Å². The Balaban J connectivity index is 1.53. The highest BCUT2D eigenvalue weighted by molar-refractivity contribution is 7.22. The molecule has 0 spiro atoms. The predicted octanol–water partition coefficient (Wildman–Crippen LogP) is 5.96. The topological polar surface area (TPSA) is 46.3 Å². The fourth-order valence-corrected chi connectivity index (χ4v) is 4.54. The number of hydrogen-bond acceptors (Lipinski definition) is 4. The van der Waals surface area contributed by atoms with Crippen molar-refractivity contribution in [2.24, 2.45) is 0 Å². The van der Waals surface area contributed by atoms with E-state index >= 15 is 0 Å². The van der Waals surface area contributed by atoms with Crippen molar-refractivity contribution in [3.63, 3.8) is 0 Å². The minimum atomic E-state index is -0.394. The summed E-state index contributed by atoms with van der Waals surface area (Å²) in [5.74, 6) is 0.123. The number of rotatable bonds is 5. The molecule has 30 heavy (non-hydrogen) atoms. The average molecular weight is 416 g/mol. The monoisotopic (exact) mass is 416 g/mol. The largest absolute Gasteiger partial charge is 0.467 e. The van der Waals surface area contributed by atoms with E-state index in [1.54, 1.807) is 29.4 Å². The Morgan fingerprint density at radius 2 is 1.83 bits per heavy atom. The zero-order valence-electron chi connectivity index (χ0n) is 15.9. The maximum absolute atomic E-state index is 14.2. The summed E-state index contributed by atoms with van der Waals surface area (Å²) in [6.07, 6.45) is 1.78. The fourth-order valence-electron chi connectivity index (χ4n) is 3.54. The van der Waals surface area contributed by atoms with Crippen LogP contribution in [0.1, 0.15) is 11.3 Å². The van der Waals surface area contributed by atoms with Crippen molar-refractivity contribution in [3.8, 4) is 0 Å². The first-order valence-corrected chi connectivity index (χ1v) is 10.3. The lowest BCUT2D eigenvalue weighted by molar-refractivity contribution is -0.118. The van der Waals surface area contributed by atoms with Crippen LogP contribution in [0.15, 0.2) is 83.5 Å². The van der Waals surface area contributed by atoms with Crippen molar-refractivity contribution in [3.05, 3.63) is 96.2 Å². The van der Waals surface area contributed by atoms with Crippen LogP contribution in [0.3, 0.4) is 0 Å². The summed E-state index contributed by atoms with van der Waals surface area (Å²) in [5, 5.41) is 2.58. The highest BCUT2D eigenvalue weighted by atomic mass is 32.1. The molecule has 3 aromatic carbocycles. The van der Waals surface area contributed by atoms with Gasteiger partial charge in [0.15, 0.2) is 5.13 Å². The number of carbonyl (C=O) groups excluding carboxylic acids is 1. The molecule has 0 bridgehead atoms. The lowest BCUT2D eigenvalue weighted by Crippen LogP contribution is -2.31. The molecule has 5 aromatic rings. The first-order valence-electron chi connectivity index (χ1n) is 9.53. The van der Waals surface area contributed by atoms with Crippen LogP contribution in [0, 0.1) is 5.82 Å². The van der Waals surface area contributed by atoms with E-state index in [0.29, 0.717) is 15.6 Å². The molecular weight excluding hydrogens is 399 g/mol. The van der Waals surface area contributed by atoms with Gasteiger partial charge in [-0.3, -0.25) is 9.69 Å². The first kappa shape index (κ1) is 18.5. The number of carbonyl (C=O) groups is 1. The Labute approximate surface area is 176 Å². The van der Waals surface area contributed by atoms with E-state index in [2.05, 4.69) is 4.98 Å². The van der Waals surface area contributed by atoms with Crippen molar-refractivity contribution in [1.29, 1.82) is 0 Å². The normalized spacial score (nSPS) is 11.2. The Morgan fingerprint density at radius 3 is 2.67 bits per heavy atom. The maximum Gasteiger partial charge on any atom is 0.233 e. The highest BCUT2D eigenvalue weighted by Gasteiger charge is 2.23. The van der Waals surface area contributed by atoms with Gasteiger partial charge in [0.2, 0.25) is 5.91 Å². The molecule has 2 heterocycles. The van der Waals surface area contributed by atoms with Gasteiger partial charge in [0.25, 0.3) is 0 Å². The number of halogens is 1. The summed E-state index contributed by atoms with van der Waals surface area (Å²) >= 11 is 1.30. The summed E-state index contributed by atoms with van der Waals surface area (Å²) in [7, 11) is 0. The fraction of sp³-hybridized carbons (Fsp3) is 0.0833. The predicted molar refractivity (Wildman–Crippen MR) is 117 cm³/mol. The third-order valence-electron chi connectivity index (χ3n) is 5.01. The molecular formula is C24H17FN2O2S. The number of para-hydroxylation sites is 1. The quantitative estimate of drug-likeness (QED) is 0.355. The van der Waals surface area contributed by atoms with Gasteiger partial charge in [0.1, 0.15) is 17.1 Å². The zero-order chi connectivity index (χ0) is 20.5. The van der Waals surface area contributed by atoms with Gasteiger partial charge < -0.3 is 4.42 Å². The third-order valence-corrected chi connectivity index (χ3v) is 6.05. The number of anilines is 1. The molecule has 0 aliphatic carbocycles. The van der Waals surface area contributed by atoms with Crippen LogP contribution < -0.4 is 4.90 Å².